The van der Waals surface area contributed by atoms with E-state index < -0.39 is 0 Å². The van der Waals surface area contributed by atoms with Crippen LogP contribution in [0.4, 0.5) is 0 Å². The molecule has 0 bridgehead atoms. The summed E-state index contributed by atoms with van der Waals surface area (Å²) < 4.78 is 16.8. The lowest BCUT2D eigenvalue weighted by atomic mass is 9.94. The van der Waals surface area contributed by atoms with Gasteiger partial charge < -0.3 is 14.2 Å². The van der Waals surface area contributed by atoms with Crippen LogP contribution >= 0.6 is 0 Å². The van der Waals surface area contributed by atoms with Gasteiger partial charge in [0.05, 0.1) is 26.2 Å². The Morgan fingerprint density at radius 1 is 1.15 bits per heavy atom. The average Bonchev–Trinajstić information content (AvgIpc) is 2.65. The Labute approximate surface area is 154 Å². The molecule has 0 fully saturated rings. The van der Waals surface area contributed by atoms with Crippen LogP contribution in [0.15, 0.2) is 48.0 Å². The Bertz CT molecular complexity index is 830. The molecule has 1 aliphatic heterocycles. The van der Waals surface area contributed by atoms with E-state index in [-0.39, 0.29) is 11.9 Å². The van der Waals surface area contributed by atoms with E-state index in [4.69, 9.17) is 14.2 Å². The topological polar surface area (TPSA) is 44.8 Å². The van der Waals surface area contributed by atoms with Crippen LogP contribution in [-0.4, -0.2) is 20.0 Å². The SMILES string of the molecule is COc1ccc(C2CC(=O)c3cc(CC=C(C)C)c(OC)cc3O2)cc1. The molecule has 26 heavy (non-hydrogen) atoms. The van der Waals surface area contributed by atoms with E-state index in [1.54, 1.807) is 14.2 Å². The fourth-order valence-electron chi connectivity index (χ4n) is 3.06. The molecule has 1 unspecified atom stereocenters. The lowest BCUT2D eigenvalue weighted by Gasteiger charge is -2.26. The quantitative estimate of drug-likeness (QED) is 0.717. The summed E-state index contributed by atoms with van der Waals surface area (Å²) in [5, 5.41) is 0. The number of ketones is 1. The van der Waals surface area contributed by atoms with Crippen LogP contribution in [0.2, 0.25) is 0 Å². The third-order valence-corrected chi connectivity index (χ3v) is 4.54. The predicted octanol–water partition coefficient (Wildman–Crippen LogP) is 4.92. The molecule has 0 radical (unpaired) electrons. The van der Waals surface area contributed by atoms with E-state index in [9.17, 15) is 4.79 Å². The zero-order valence-corrected chi connectivity index (χ0v) is 15.7. The third-order valence-electron chi connectivity index (χ3n) is 4.54. The Morgan fingerprint density at radius 2 is 1.88 bits per heavy atom. The molecule has 1 heterocycles. The highest BCUT2D eigenvalue weighted by Crippen LogP contribution is 2.39. The van der Waals surface area contributed by atoms with E-state index in [1.807, 2.05) is 36.4 Å². The second kappa shape index (κ2) is 7.65. The van der Waals surface area contributed by atoms with Crippen molar-refractivity contribution >= 4 is 5.78 Å². The van der Waals surface area contributed by atoms with Crippen LogP contribution < -0.4 is 14.2 Å². The molecule has 0 aliphatic carbocycles. The molecule has 0 aromatic heterocycles. The van der Waals surface area contributed by atoms with Gasteiger partial charge in [0, 0.05) is 6.07 Å². The molecule has 0 N–H and O–H groups in total. The van der Waals surface area contributed by atoms with E-state index in [0.29, 0.717) is 17.7 Å². The molecule has 1 aliphatic rings. The number of fused-ring (bicyclic) bond motifs is 1. The van der Waals surface area contributed by atoms with Crippen molar-refractivity contribution in [3.8, 4) is 17.2 Å². The van der Waals surface area contributed by atoms with Gasteiger partial charge in [0.1, 0.15) is 23.4 Å². The molecule has 1 atom stereocenters. The van der Waals surface area contributed by atoms with Crippen LogP contribution in [0.25, 0.3) is 0 Å². The van der Waals surface area contributed by atoms with E-state index in [1.165, 1.54) is 5.57 Å². The normalized spacial score (nSPS) is 15.7. The van der Waals surface area contributed by atoms with Crippen molar-refractivity contribution in [1.29, 1.82) is 0 Å². The number of benzene rings is 2. The Morgan fingerprint density at radius 3 is 2.50 bits per heavy atom. The molecule has 0 amide bonds. The van der Waals surface area contributed by atoms with Crippen molar-refractivity contribution in [2.45, 2.75) is 32.8 Å². The lowest BCUT2D eigenvalue weighted by Crippen LogP contribution is -2.20. The molecule has 136 valence electrons. The van der Waals surface area contributed by atoms with Gasteiger partial charge in [-0.3, -0.25) is 4.79 Å². The first-order chi connectivity index (χ1) is 12.5. The molecule has 2 aromatic carbocycles. The van der Waals surface area contributed by atoms with Crippen LogP contribution in [0.1, 0.15) is 47.9 Å². The largest absolute Gasteiger partial charge is 0.497 e. The van der Waals surface area contributed by atoms with Crippen LogP contribution in [-0.2, 0) is 6.42 Å². The number of Topliss-reactive ketones (excluding diaryl/α,β-unsaturated/α-hetero) is 1. The van der Waals surface area contributed by atoms with Crippen molar-refractivity contribution in [2.75, 3.05) is 14.2 Å². The van der Waals surface area contributed by atoms with E-state index >= 15 is 0 Å². The molecule has 4 nitrogen and oxygen atoms in total. The summed E-state index contributed by atoms with van der Waals surface area (Å²) in [5.41, 5.74) is 3.81. The number of carbonyl (C=O) groups is 1. The van der Waals surface area contributed by atoms with Crippen molar-refractivity contribution in [1.82, 2.24) is 0 Å². The monoisotopic (exact) mass is 352 g/mol. The Balaban J connectivity index is 1.91. The lowest BCUT2D eigenvalue weighted by molar-refractivity contribution is 0.0849. The molecule has 3 rings (SSSR count). The fraction of sp³-hybridized carbons (Fsp3) is 0.318. The summed E-state index contributed by atoms with van der Waals surface area (Å²) in [6.07, 6.45) is 2.88. The predicted molar refractivity (Wildman–Crippen MR) is 101 cm³/mol. The van der Waals surface area contributed by atoms with Gasteiger partial charge in [0.25, 0.3) is 0 Å². The maximum absolute atomic E-state index is 12.7. The average molecular weight is 352 g/mol. The smallest absolute Gasteiger partial charge is 0.170 e. The maximum Gasteiger partial charge on any atom is 0.170 e. The Hall–Kier alpha value is -2.75. The van der Waals surface area contributed by atoms with Gasteiger partial charge in [0.15, 0.2) is 5.78 Å². The highest BCUT2D eigenvalue weighted by atomic mass is 16.5. The summed E-state index contributed by atoms with van der Waals surface area (Å²) in [7, 11) is 3.27. The summed E-state index contributed by atoms with van der Waals surface area (Å²) in [4.78, 5) is 12.7. The number of methoxy groups -OCH3 is 2. The molecule has 4 heteroatoms. The fourth-order valence-corrected chi connectivity index (χ4v) is 3.06. The number of ether oxygens (including phenoxy) is 3. The van der Waals surface area contributed by atoms with Crippen LogP contribution in [0.3, 0.4) is 0 Å². The molecule has 0 spiro atoms. The summed E-state index contributed by atoms with van der Waals surface area (Å²) >= 11 is 0. The molecule has 0 saturated heterocycles. The minimum absolute atomic E-state index is 0.0909. The first kappa shape index (κ1) is 18.1. The van der Waals surface area contributed by atoms with Crippen molar-refractivity contribution in [2.24, 2.45) is 0 Å². The maximum atomic E-state index is 12.7. The standard InChI is InChI=1S/C22H24O4/c1-14(2)5-6-16-11-18-19(23)12-21(26-22(18)13-20(16)25-4)15-7-9-17(24-3)10-8-15/h5,7-11,13,21H,6,12H2,1-4H3. The molecular formula is C22H24O4. The van der Waals surface area contributed by atoms with Crippen molar-refractivity contribution < 1.29 is 19.0 Å². The van der Waals surface area contributed by atoms with Gasteiger partial charge in [-0.25, -0.2) is 0 Å². The second-order valence-electron chi connectivity index (χ2n) is 6.65. The van der Waals surface area contributed by atoms with E-state index in [0.717, 1.165) is 29.0 Å². The highest BCUT2D eigenvalue weighted by Gasteiger charge is 2.29. The minimum Gasteiger partial charge on any atom is -0.497 e. The van der Waals surface area contributed by atoms with Gasteiger partial charge >= 0.3 is 0 Å². The number of allylic oxidation sites excluding steroid dienone is 2. The minimum atomic E-state index is -0.297. The van der Waals surface area contributed by atoms with Crippen molar-refractivity contribution in [3.63, 3.8) is 0 Å². The van der Waals surface area contributed by atoms with Gasteiger partial charge in [-0.1, -0.05) is 23.8 Å². The third kappa shape index (κ3) is 3.74. The summed E-state index contributed by atoms with van der Waals surface area (Å²) in [5.74, 6) is 2.19. The van der Waals surface area contributed by atoms with Crippen LogP contribution in [0.5, 0.6) is 17.2 Å². The zero-order chi connectivity index (χ0) is 18.7. The first-order valence-electron chi connectivity index (χ1n) is 8.70. The number of hydrogen-bond acceptors (Lipinski definition) is 4. The molecule has 2 aromatic rings. The number of carbonyl (C=O) groups excluding carboxylic acids is 1. The summed E-state index contributed by atoms with van der Waals surface area (Å²) in [6, 6.07) is 11.4. The van der Waals surface area contributed by atoms with Gasteiger partial charge in [0.2, 0.25) is 0 Å². The van der Waals surface area contributed by atoms with Gasteiger partial charge in [-0.05, 0) is 49.6 Å². The van der Waals surface area contributed by atoms with Gasteiger partial charge in [-0.2, -0.15) is 0 Å². The Kier molecular flexibility index (Phi) is 5.31. The van der Waals surface area contributed by atoms with Crippen LogP contribution in [0, 0.1) is 0 Å². The van der Waals surface area contributed by atoms with Crippen molar-refractivity contribution in [3.05, 3.63) is 64.7 Å². The summed E-state index contributed by atoms with van der Waals surface area (Å²) in [6.45, 7) is 4.11. The highest BCUT2D eigenvalue weighted by molar-refractivity contribution is 6.00. The number of rotatable bonds is 5. The van der Waals surface area contributed by atoms with E-state index in [2.05, 4.69) is 19.9 Å². The molecular weight excluding hydrogens is 328 g/mol. The second-order valence-corrected chi connectivity index (χ2v) is 6.65. The zero-order valence-electron chi connectivity index (χ0n) is 15.7. The number of hydrogen-bond donors (Lipinski definition) is 0. The first-order valence-corrected chi connectivity index (χ1v) is 8.70. The van der Waals surface area contributed by atoms with Gasteiger partial charge in [-0.15, -0.1) is 0 Å². The molecule has 0 saturated carbocycles.